The quantitative estimate of drug-likeness (QED) is 0.816. The summed E-state index contributed by atoms with van der Waals surface area (Å²) in [6.07, 6.45) is 1.44. The topological polar surface area (TPSA) is 88.3 Å². The zero-order valence-electron chi connectivity index (χ0n) is 14.4. The molecule has 1 heterocycles. The number of para-hydroxylation sites is 1. The van der Waals surface area contributed by atoms with Gasteiger partial charge in [-0.3, -0.25) is 9.59 Å². The second kappa shape index (κ2) is 8.11. The molecule has 0 bridgehead atoms. The molecule has 0 unspecified atom stereocenters. The Hall–Kier alpha value is -2.41. The Kier molecular flexibility index (Phi) is 6.14. The molecule has 7 nitrogen and oxygen atoms in total. The minimum absolute atomic E-state index is 0.0293. The average molecular weight is 365 g/mol. The third-order valence-electron chi connectivity index (χ3n) is 3.61. The number of carboxylic acids is 1. The zero-order valence-corrected chi connectivity index (χ0v) is 15.2. The Morgan fingerprint density at radius 2 is 2.00 bits per heavy atom. The molecule has 0 saturated heterocycles. The van der Waals surface area contributed by atoms with Crippen molar-refractivity contribution in [2.45, 2.75) is 39.7 Å². The van der Waals surface area contributed by atoms with Crippen molar-refractivity contribution in [3.05, 3.63) is 40.9 Å². The fourth-order valence-corrected chi connectivity index (χ4v) is 2.62. The lowest BCUT2D eigenvalue weighted by Gasteiger charge is -2.23. The van der Waals surface area contributed by atoms with Crippen molar-refractivity contribution in [3.63, 3.8) is 0 Å². The maximum Gasteiger partial charge on any atom is 0.323 e. The molecule has 0 aliphatic carbocycles. The molecule has 1 aromatic carbocycles. The van der Waals surface area contributed by atoms with E-state index in [1.807, 2.05) is 19.1 Å². The number of hydrogen-bond acceptors (Lipinski definition) is 4. The Morgan fingerprint density at radius 3 is 2.56 bits per heavy atom. The Bertz CT molecular complexity index is 773. The lowest BCUT2D eigenvalue weighted by molar-refractivity contribution is -0.138. The van der Waals surface area contributed by atoms with Gasteiger partial charge >= 0.3 is 5.97 Å². The van der Waals surface area contributed by atoms with Crippen LogP contribution in [0.1, 0.15) is 43.6 Å². The van der Waals surface area contributed by atoms with Crippen LogP contribution in [0.3, 0.4) is 0 Å². The molecular formula is C17H21ClN4O3. The van der Waals surface area contributed by atoms with E-state index in [0.29, 0.717) is 23.0 Å². The number of nitrogens with zero attached hydrogens (tertiary/aromatic N) is 4. The Labute approximate surface area is 151 Å². The van der Waals surface area contributed by atoms with Gasteiger partial charge in [0.15, 0.2) is 0 Å². The van der Waals surface area contributed by atoms with E-state index < -0.39 is 18.4 Å². The van der Waals surface area contributed by atoms with Gasteiger partial charge in [-0.2, -0.15) is 0 Å². The van der Waals surface area contributed by atoms with Crippen molar-refractivity contribution >= 4 is 23.5 Å². The summed E-state index contributed by atoms with van der Waals surface area (Å²) in [4.78, 5) is 29.3. The summed E-state index contributed by atoms with van der Waals surface area (Å²) in [5.41, 5.74) is 0.633. The summed E-state index contributed by atoms with van der Waals surface area (Å²) in [5, 5.41) is 13.8. The van der Waals surface area contributed by atoms with Gasteiger partial charge in [0, 0.05) is 12.5 Å². The molecule has 8 heteroatoms. The number of halogens is 1. The van der Waals surface area contributed by atoms with Crippen molar-refractivity contribution in [2.24, 2.45) is 0 Å². The number of aryl methyl sites for hydroxylation is 1. The van der Waals surface area contributed by atoms with Crippen LogP contribution in [0.15, 0.2) is 24.3 Å². The first-order chi connectivity index (χ1) is 11.8. The van der Waals surface area contributed by atoms with Crippen LogP contribution in [0.4, 0.5) is 0 Å². The highest BCUT2D eigenvalue weighted by Crippen LogP contribution is 2.21. The van der Waals surface area contributed by atoms with E-state index in [1.54, 1.807) is 30.7 Å². The number of carbonyl (C=O) groups excluding carboxylic acids is 1. The first-order valence-electron chi connectivity index (χ1n) is 8.08. The number of carboxylic acid groups (broad SMARTS) is 1. The standard InChI is InChI=1S/C17H21ClN4O3/c1-4-7-14-19-16(17(25)21(11(2)3)10-15(23)24)20-22(14)13-9-6-5-8-12(13)18/h5-6,8-9,11H,4,7,10H2,1-3H3,(H,23,24). The predicted octanol–water partition coefficient (Wildman–Crippen LogP) is 2.81. The smallest absolute Gasteiger partial charge is 0.323 e. The van der Waals surface area contributed by atoms with Crippen LogP contribution in [0, 0.1) is 0 Å². The molecule has 0 aliphatic heterocycles. The molecule has 25 heavy (non-hydrogen) atoms. The Morgan fingerprint density at radius 1 is 1.32 bits per heavy atom. The molecule has 1 aromatic heterocycles. The van der Waals surface area contributed by atoms with Crippen LogP contribution in [0.2, 0.25) is 5.02 Å². The molecular weight excluding hydrogens is 344 g/mol. The lowest BCUT2D eigenvalue weighted by Crippen LogP contribution is -2.41. The highest BCUT2D eigenvalue weighted by Gasteiger charge is 2.26. The van der Waals surface area contributed by atoms with Crippen molar-refractivity contribution in [3.8, 4) is 5.69 Å². The largest absolute Gasteiger partial charge is 0.480 e. The molecule has 0 aliphatic rings. The van der Waals surface area contributed by atoms with Crippen LogP contribution in [-0.4, -0.2) is 49.2 Å². The van der Waals surface area contributed by atoms with Gasteiger partial charge < -0.3 is 10.0 Å². The minimum Gasteiger partial charge on any atom is -0.480 e. The van der Waals surface area contributed by atoms with Crippen LogP contribution < -0.4 is 0 Å². The number of carbonyl (C=O) groups is 2. The SMILES string of the molecule is CCCc1nc(C(=O)N(CC(=O)O)C(C)C)nn1-c1ccccc1Cl. The second-order valence-corrected chi connectivity index (χ2v) is 6.29. The van der Waals surface area contributed by atoms with Crippen LogP contribution in [0.5, 0.6) is 0 Å². The summed E-state index contributed by atoms with van der Waals surface area (Å²) < 4.78 is 1.55. The molecule has 1 amide bonds. The molecule has 2 rings (SSSR count). The number of amides is 1. The van der Waals surface area contributed by atoms with Gasteiger partial charge in [-0.25, -0.2) is 9.67 Å². The van der Waals surface area contributed by atoms with Gasteiger partial charge in [0.2, 0.25) is 5.82 Å². The van der Waals surface area contributed by atoms with Crippen LogP contribution >= 0.6 is 11.6 Å². The number of rotatable bonds is 7. The normalized spacial score (nSPS) is 10.9. The summed E-state index contributed by atoms with van der Waals surface area (Å²) in [6.45, 7) is 5.09. The third kappa shape index (κ3) is 4.36. The highest BCUT2D eigenvalue weighted by molar-refractivity contribution is 6.32. The van der Waals surface area contributed by atoms with E-state index in [4.69, 9.17) is 16.7 Å². The maximum atomic E-state index is 12.7. The van der Waals surface area contributed by atoms with Gasteiger partial charge in [-0.15, -0.1) is 5.10 Å². The fourth-order valence-electron chi connectivity index (χ4n) is 2.40. The molecule has 0 saturated carbocycles. The monoisotopic (exact) mass is 364 g/mol. The number of aromatic nitrogens is 3. The maximum absolute atomic E-state index is 12.7. The summed E-state index contributed by atoms with van der Waals surface area (Å²) in [5.74, 6) is -1.02. The van der Waals surface area contributed by atoms with Crippen molar-refractivity contribution < 1.29 is 14.7 Å². The van der Waals surface area contributed by atoms with E-state index >= 15 is 0 Å². The average Bonchev–Trinajstić information content (AvgIpc) is 2.96. The summed E-state index contributed by atoms with van der Waals surface area (Å²) >= 11 is 6.24. The molecule has 0 radical (unpaired) electrons. The molecule has 0 spiro atoms. The number of benzene rings is 1. The van der Waals surface area contributed by atoms with E-state index in [2.05, 4.69) is 10.1 Å². The third-order valence-corrected chi connectivity index (χ3v) is 3.93. The van der Waals surface area contributed by atoms with Crippen LogP contribution in [-0.2, 0) is 11.2 Å². The molecule has 1 N–H and O–H groups in total. The van der Waals surface area contributed by atoms with Crippen molar-refractivity contribution in [2.75, 3.05) is 6.54 Å². The fraction of sp³-hybridized carbons (Fsp3) is 0.412. The molecule has 0 atom stereocenters. The highest BCUT2D eigenvalue weighted by atomic mass is 35.5. The Balaban J connectivity index is 2.46. The van der Waals surface area contributed by atoms with E-state index in [0.717, 1.165) is 6.42 Å². The molecule has 134 valence electrons. The van der Waals surface area contributed by atoms with Gasteiger partial charge in [-0.1, -0.05) is 30.7 Å². The number of aliphatic carboxylic acids is 1. The van der Waals surface area contributed by atoms with Gasteiger partial charge in [0.1, 0.15) is 12.4 Å². The number of hydrogen-bond donors (Lipinski definition) is 1. The first-order valence-corrected chi connectivity index (χ1v) is 8.46. The van der Waals surface area contributed by atoms with Gasteiger partial charge in [-0.05, 0) is 32.4 Å². The zero-order chi connectivity index (χ0) is 18.6. The minimum atomic E-state index is -1.08. The van der Waals surface area contributed by atoms with E-state index in [1.165, 1.54) is 4.90 Å². The van der Waals surface area contributed by atoms with E-state index in [-0.39, 0.29) is 11.9 Å². The van der Waals surface area contributed by atoms with Gasteiger partial charge in [0.25, 0.3) is 5.91 Å². The van der Waals surface area contributed by atoms with Gasteiger partial charge in [0.05, 0.1) is 10.7 Å². The second-order valence-electron chi connectivity index (χ2n) is 5.89. The molecule has 2 aromatic rings. The van der Waals surface area contributed by atoms with Crippen molar-refractivity contribution in [1.82, 2.24) is 19.7 Å². The predicted molar refractivity (Wildman–Crippen MR) is 94.2 cm³/mol. The van der Waals surface area contributed by atoms with Crippen molar-refractivity contribution in [1.29, 1.82) is 0 Å². The first kappa shape index (κ1) is 18.9. The summed E-state index contributed by atoms with van der Waals surface area (Å²) in [6, 6.07) is 6.88. The molecule has 0 fully saturated rings. The van der Waals surface area contributed by atoms with E-state index in [9.17, 15) is 9.59 Å². The van der Waals surface area contributed by atoms with Crippen LogP contribution in [0.25, 0.3) is 5.69 Å². The lowest BCUT2D eigenvalue weighted by atomic mass is 10.3. The summed E-state index contributed by atoms with van der Waals surface area (Å²) in [7, 11) is 0.